The van der Waals surface area contributed by atoms with Crippen molar-refractivity contribution in [2.24, 2.45) is 0 Å². The highest BCUT2D eigenvalue weighted by Gasteiger charge is 2.29. The minimum absolute atomic E-state index is 0.368. The molecule has 1 fully saturated rings. The van der Waals surface area contributed by atoms with Crippen LogP contribution in [0.3, 0.4) is 0 Å². The summed E-state index contributed by atoms with van der Waals surface area (Å²) in [5.41, 5.74) is 2.36. The van der Waals surface area contributed by atoms with Crippen molar-refractivity contribution in [3.63, 3.8) is 0 Å². The van der Waals surface area contributed by atoms with Crippen LogP contribution in [0, 0.1) is 0 Å². The number of methoxy groups -OCH3 is 1. The van der Waals surface area contributed by atoms with E-state index in [1.807, 2.05) is 18.2 Å². The third-order valence-corrected chi connectivity index (χ3v) is 6.26. The highest BCUT2D eigenvalue weighted by molar-refractivity contribution is 6.30. The van der Waals surface area contributed by atoms with Crippen LogP contribution in [0.2, 0.25) is 5.02 Å². The van der Waals surface area contributed by atoms with Gasteiger partial charge in [0.2, 0.25) is 0 Å². The fourth-order valence-electron chi connectivity index (χ4n) is 4.49. The number of fused-ring (bicyclic) bond motifs is 3. The maximum absolute atomic E-state index is 6.28. The zero-order valence-corrected chi connectivity index (χ0v) is 18.0. The van der Waals surface area contributed by atoms with E-state index in [4.69, 9.17) is 16.3 Å². The van der Waals surface area contributed by atoms with Crippen molar-refractivity contribution in [1.29, 1.82) is 0 Å². The zero-order valence-electron chi connectivity index (χ0n) is 17.3. The zero-order chi connectivity index (χ0) is 20.7. The lowest BCUT2D eigenvalue weighted by Crippen LogP contribution is -2.34. The number of piperidine rings is 1. The molecule has 0 atom stereocenters. The van der Waals surface area contributed by atoms with Crippen LogP contribution in [0.1, 0.15) is 36.0 Å². The molecule has 0 unspecified atom stereocenters. The van der Waals surface area contributed by atoms with Crippen LogP contribution >= 0.6 is 11.6 Å². The maximum atomic E-state index is 6.28. The van der Waals surface area contributed by atoms with Gasteiger partial charge in [-0.2, -0.15) is 0 Å². The monoisotopic (exact) mass is 424 g/mol. The van der Waals surface area contributed by atoms with Gasteiger partial charge in [0.05, 0.1) is 25.5 Å². The van der Waals surface area contributed by atoms with Gasteiger partial charge in [0.25, 0.3) is 0 Å². The smallest absolute Gasteiger partial charge is 0.151 e. The van der Waals surface area contributed by atoms with E-state index in [2.05, 4.69) is 48.7 Å². The molecular formula is C22H25ClN6O. The molecule has 0 saturated carbocycles. The SMILES string of the molecule is COc1ccc(N2CCC(c3nnc4n3-c3ccc(Cl)cc3CN(C)C4)CC2)nc1. The first-order valence-corrected chi connectivity index (χ1v) is 10.7. The van der Waals surface area contributed by atoms with Gasteiger partial charge in [-0.1, -0.05) is 11.6 Å². The molecule has 1 saturated heterocycles. The normalized spacial score (nSPS) is 17.4. The molecular weight excluding hydrogens is 400 g/mol. The Bertz CT molecular complexity index is 1040. The predicted octanol–water partition coefficient (Wildman–Crippen LogP) is 3.65. The Morgan fingerprint density at radius 2 is 1.90 bits per heavy atom. The molecule has 156 valence electrons. The standard InChI is InChI=1S/C22H25ClN6O/c1-27-13-16-11-17(23)3-5-19(16)29-21(14-27)25-26-22(29)15-7-9-28(10-8-15)20-6-4-18(30-2)12-24-20/h3-6,11-12,15H,7-10,13-14H2,1-2H3. The molecule has 30 heavy (non-hydrogen) atoms. The summed E-state index contributed by atoms with van der Waals surface area (Å²) in [5.74, 6) is 4.20. The van der Waals surface area contributed by atoms with Gasteiger partial charge in [-0.15, -0.1) is 10.2 Å². The summed E-state index contributed by atoms with van der Waals surface area (Å²) in [6, 6.07) is 10.1. The number of hydrogen-bond donors (Lipinski definition) is 0. The molecule has 0 aliphatic carbocycles. The molecule has 3 aromatic rings. The number of ether oxygens (including phenoxy) is 1. The number of hydrogen-bond acceptors (Lipinski definition) is 6. The minimum atomic E-state index is 0.368. The lowest BCUT2D eigenvalue weighted by molar-refractivity contribution is 0.315. The summed E-state index contributed by atoms with van der Waals surface area (Å²) >= 11 is 6.28. The summed E-state index contributed by atoms with van der Waals surface area (Å²) < 4.78 is 7.48. The van der Waals surface area contributed by atoms with E-state index in [9.17, 15) is 0 Å². The van der Waals surface area contributed by atoms with Crippen molar-refractivity contribution in [2.75, 3.05) is 32.1 Å². The van der Waals surface area contributed by atoms with Crippen molar-refractivity contribution in [3.8, 4) is 11.4 Å². The molecule has 8 heteroatoms. The second-order valence-electron chi connectivity index (χ2n) is 8.07. The Morgan fingerprint density at radius 3 is 2.63 bits per heavy atom. The predicted molar refractivity (Wildman–Crippen MR) is 117 cm³/mol. The van der Waals surface area contributed by atoms with Crippen LogP contribution in [-0.2, 0) is 13.1 Å². The second kappa shape index (κ2) is 7.89. The van der Waals surface area contributed by atoms with Crippen LogP contribution < -0.4 is 9.64 Å². The van der Waals surface area contributed by atoms with E-state index in [0.29, 0.717) is 5.92 Å². The van der Waals surface area contributed by atoms with Gasteiger partial charge >= 0.3 is 0 Å². The van der Waals surface area contributed by atoms with Crippen LogP contribution in [0.25, 0.3) is 5.69 Å². The number of halogens is 1. The van der Waals surface area contributed by atoms with Gasteiger partial charge in [0.15, 0.2) is 5.82 Å². The first-order chi connectivity index (χ1) is 14.6. The highest BCUT2D eigenvalue weighted by Crippen LogP contribution is 2.34. The van der Waals surface area contributed by atoms with E-state index in [-0.39, 0.29) is 0 Å². The Hall–Kier alpha value is -2.64. The molecule has 2 aromatic heterocycles. The summed E-state index contributed by atoms with van der Waals surface area (Å²) in [7, 11) is 3.77. The fraction of sp³-hybridized carbons (Fsp3) is 0.409. The molecule has 4 heterocycles. The second-order valence-corrected chi connectivity index (χ2v) is 8.51. The highest BCUT2D eigenvalue weighted by atomic mass is 35.5. The number of aromatic nitrogens is 4. The van der Waals surface area contributed by atoms with Gasteiger partial charge in [-0.3, -0.25) is 9.47 Å². The van der Waals surface area contributed by atoms with Gasteiger partial charge in [-0.05, 0) is 55.8 Å². The van der Waals surface area contributed by atoms with Crippen molar-refractivity contribution in [2.45, 2.75) is 31.8 Å². The van der Waals surface area contributed by atoms with E-state index in [0.717, 1.165) is 72.9 Å². The quantitative estimate of drug-likeness (QED) is 0.639. The van der Waals surface area contributed by atoms with E-state index in [1.165, 1.54) is 5.56 Å². The third kappa shape index (κ3) is 3.52. The van der Waals surface area contributed by atoms with E-state index >= 15 is 0 Å². The molecule has 0 bridgehead atoms. The van der Waals surface area contributed by atoms with E-state index in [1.54, 1.807) is 13.3 Å². The lowest BCUT2D eigenvalue weighted by Gasteiger charge is -2.32. The van der Waals surface area contributed by atoms with Crippen molar-refractivity contribution >= 4 is 17.4 Å². The number of rotatable bonds is 3. The summed E-state index contributed by atoms with van der Waals surface area (Å²) in [5, 5.41) is 9.96. The molecule has 0 amide bonds. The average molecular weight is 425 g/mol. The van der Waals surface area contributed by atoms with Crippen molar-refractivity contribution in [1.82, 2.24) is 24.6 Å². The Morgan fingerprint density at radius 1 is 1.07 bits per heavy atom. The topological polar surface area (TPSA) is 59.3 Å². The maximum Gasteiger partial charge on any atom is 0.151 e. The number of nitrogens with zero attached hydrogens (tertiary/aromatic N) is 6. The molecule has 2 aliphatic heterocycles. The largest absolute Gasteiger partial charge is 0.495 e. The van der Waals surface area contributed by atoms with Gasteiger partial charge in [-0.25, -0.2) is 4.98 Å². The van der Waals surface area contributed by atoms with E-state index < -0.39 is 0 Å². The first kappa shape index (κ1) is 19.3. The van der Waals surface area contributed by atoms with Crippen LogP contribution in [0.15, 0.2) is 36.5 Å². The summed E-state index contributed by atoms with van der Waals surface area (Å²) in [6.45, 7) is 3.51. The molecule has 0 spiro atoms. The van der Waals surface area contributed by atoms with Crippen LogP contribution in [0.5, 0.6) is 5.75 Å². The molecule has 0 radical (unpaired) electrons. The number of pyridine rings is 1. The Balaban J connectivity index is 1.40. The van der Waals surface area contributed by atoms with Crippen LogP contribution in [0.4, 0.5) is 5.82 Å². The molecule has 5 rings (SSSR count). The number of anilines is 1. The molecule has 2 aliphatic rings. The average Bonchev–Trinajstić information content (AvgIpc) is 3.11. The van der Waals surface area contributed by atoms with Crippen molar-refractivity contribution in [3.05, 3.63) is 58.8 Å². The first-order valence-electron chi connectivity index (χ1n) is 10.3. The summed E-state index contributed by atoms with van der Waals surface area (Å²) in [6.07, 6.45) is 3.81. The van der Waals surface area contributed by atoms with Gasteiger partial charge in [0, 0.05) is 30.6 Å². The molecule has 0 N–H and O–H groups in total. The lowest BCUT2D eigenvalue weighted by atomic mass is 9.95. The van der Waals surface area contributed by atoms with Gasteiger partial charge in [0.1, 0.15) is 17.4 Å². The minimum Gasteiger partial charge on any atom is -0.495 e. The van der Waals surface area contributed by atoms with Crippen molar-refractivity contribution < 1.29 is 4.74 Å². The Kier molecular flexibility index (Phi) is 5.08. The number of benzene rings is 1. The summed E-state index contributed by atoms with van der Waals surface area (Å²) in [4.78, 5) is 9.12. The molecule has 1 aromatic carbocycles. The van der Waals surface area contributed by atoms with Gasteiger partial charge < -0.3 is 9.64 Å². The Labute approximate surface area is 181 Å². The van der Waals surface area contributed by atoms with Crippen LogP contribution in [-0.4, -0.2) is 51.9 Å². The molecule has 7 nitrogen and oxygen atoms in total. The third-order valence-electron chi connectivity index (χ3n) is 6.03. The fourth-order valence-corrected chi connectivity index (χ4v) is 4.69.